The molecular weight excluding hydrogens is 505 g/mol. The molecule has 0 spiro atoms. The van der Waals surface area contributed by atoms with E-state index in [1.165, 1.54) is 11.8 Å². The van der Waals surface area contributed by atoms with E-state index < -0.39 is 0 Å². The van der Waals surface area contributed by atoms with Crippen molar-refractivity contribution in [1.29, 1.82) is 0 Å². The second-order valence-corrected chi connectivity index (χ2v) is 8.67. The lowest BCUT2D eigenvalue weighted by Crippen LogP contribution is -2.28. The van der Waals surface area contributed by atoms with Crippen LogP contribution in [-0.2, 0) is 4.79 Å². The number of hydrogen-bond donors (Lipinski definition) is 0. The number of aryl methyl sites for hydroxylation is 1. The lowest BCUT2D eigenvalue weighted by atomic mass is 10.1. The first-order valence-electron chi connectivity index (χ1n) is 8.23. The van der Waals surface area contributed by atoms with E-state index in [4.69, 9.17) is 28.1 Å². The van der Waals surface area contributed by atoms with E-state index in [1.807, 2.05) is 49.4 Å². The van der Waals surface area contributed by atoms with E-state index in [9.17, 15) is 4.79 Å². The highest BCUT2D eigenvalue weighted by atomic mass is 127. The van der Waals surface area contributed by atoms with Gasteiger partial charge in [0.15, 0.2) is 15.8 Å². The van der Waals surface area contributed by atoms with Gasteiger partial charge in [0.1, 0.15) is 6.61 Å². The fourth-order valence-electron chi connectivity index (χ4n) is 2.72. The molecule has 1 saturated heterocycles. The number of thiocarbonyl (C=S) groups is 1. The molecule has 0 N–H and O–H groups in total. The maximum atomic E-state index is 13.0. The average Bonchev–Trinajstić information content (AvgIpc) is 2.94. The summed E-state index contributed by atoms with van der Waals surface area (Å²) < 4.78 is 12.4. The predicted octanol–water partition coefficient (Wildman–Crippen LogP) is 5.03. The second kappa shape index (κ2) is 8.99. The predicted molar refractivity (Wildman–Crippen MR) is 127 cm³/mol. The number of benzene rings is 2. The number of carbonyl (C=O) groups is 1. The van der Waals surface area contributed by atoms with Gasteiger partial charge in [-0.05, 0) is 64.9 Å². The second-order valence-electron chi connectivity index (χ2n) is 5.83. The summed E-state index contributed by atoms with van der Waals surface area (Å²) in [6.07, 6.45) is 7.08. The zero-order valence-corrected chi connectivity index (χ0v) is 19.0. The van der Waals surface area contributed by atoms with Gasteiger partial charge in [0.2, 0.25) is 0 Å². The van der Waals surface area contributed by atoms with Crippen molar-refractivity contribution < 1.29 is 14.3 Å². The fraction of sp³-hybridized carbons (Fsp3) is 0.143. The number of carbonyl (C=O) groups excluding carboxylic acids is 1. The van der Waals surface area contributed by atoms with Crippen LogP contribution >= 0.6 is 46.6 Å². The number of amides is 1. The zero-order chi connectivity index (χ0) is 20.3. The molecule has 0 unspecified atom stereocenters. The fourth-order valence-corrected chi connectivity index (χ4v) is 4.78. The van der Waals surface area contributed by atoms with Gasteiger partial charge >= 0.3 is 0 Å². The number of rotatable bonds is 5. The smallest absolute Gasteiger partial charge is 0.270 e. The number of anilines is 1. The van der Waals surface area contributed by atoms with Crippen LogP contribution in [0.3, 0.4) is 0 Å². The molecule has 0 aliphatic carbocycles. The summed E-state index contributed by atoms with van der Waals surface area (Å²) in [6, 6.07) is 11.4. The first-order chi connectivity index (χ1) is 13.5. The van der Waals surface area contributed by atoms with Gasteiger partial charge in [-0.2, -0.15) is 0 Å². The normalized spacial score (nSPS) is 15.1. The molecule has 0 atom stereocenters. The minimum Gasteiger partial charge on any atom is -0.493 e. The standard InChI is InChI=1S/C21H16INO3S2/c1-4-9-26-19-15(22)10-14(11-17(19)25-3)12-18-20(24)23(21(27)28-18)16-8-6-5-7-13(16)2/h1,5-8,10-12H,9H2,2-3H3/b18-12+. The highest BCUT2D eigenvalue weighted by Crippen LogP contribution is 2.39. The number of hydrogen-bond acceptors (Lipinski definition) is 5. The molecule has 2 aromatic carbocycles. The number of nitrogens with zero attached hydrogens (tertiary/aromatic N) is 1. The first kappa shape index (κ1) is 20.7. The topological polar surface area (TPSA) is 38.8 Å². The third-order valence-electron chi connectivity index (χ3n) is 4.00. The van der Waals surface area contributed by atoms with E-state index in [0.29, 0.717) is 20.7 Å². The van der Waals surface area contributed by atoms with Crippen LogP contribution in [0.4, 0.5) is 5.69 Å². The van der Waals surface area contributed by atoms with Crippen LogP contribution in [0, 0.1) is 22.8 Å². The summed E-state index contributed by atoms with van der Waals surface area (Å²) >= 11 is 8.90. The van der Waals surface area contributed by atoms with Crippen molar-refractivity contribution in [1.82, 2.24) is 0 Å². The van der Waals surface area contributed by atoms with Crippen LogP contribution < -0.4 is 14.4 Å². The van der Waals surface area contributed by atoms with Gasteiger partial charge < -0.3 is 9.47 Å². The summed E-state index contributed by atoms with van der Waals surface area (Å²) in [4.78, 5) is 15.1. The molecule has 7 heteroatoms. The molecule has 0 aromatic heterocycles. The number of ether oxygens (including phenoxy) is 2. The highest BCUT2D eigenvalue weighted by molar-refractivity contribution is 14.1. The van der Waals surface area contributed by atoms with Crippen LogP contribution in [0.1, 0.15) is 11.1 Å². The first-order valence-corrected chi connectivity index (χ1v) is 10.5. The summed E-state index contributed by atoms with van der Waals surface area (Å²) in [7, 11) is 1.57. The molecule has 2 aromatic rings. The molecule has 1 amide bonds. The number of thioether (sulfide) groups is 1. The summed E-state index contributed by atoms with van der Waals surface area (Å²) in [5.74, 6) is 3.46. The lowest BCUT2D eigenvalue weighted by molar-refractivity contribution is -0.113. The Kier molecular flexibility index (Phi) is 6.65. The average molecular weight is 521 g/mol. The molecule has 3 rings (SSSR count). The van der Waals surface area contributed by atoms with E-state index in [1.54, 1.807) is 12.0 Å². The van der Waals surface area contributed by atoms with Crippen LogP contribution in [0.2, 0.25) is 0 Å². The van der Waals surface area contributed by atoms with E-state index >= 15 is 0 Å². The van der Waals surface area contributed by atoms with Crippen LogP contribution in [0.5, 0.6) is 11.5 Å². The van der Waals surface area contributed by atoms with Crippen molar-refractivity contribution in [2.75, 3.05) is 18.6 Å². The number of para-hydroxylation sites is 1. The molecule has 1 heterocycles. The highest BCUT2D eigenvalue weighted by Gasteiger charge is 2.34. The summed E-state index contributed by atoms with van der Waals surface area (Å²) in [6.45, 7) is 2.11. The SMILES string of the molecule is C#CCOc1c(I)cc(/C=C2/SC(=S)N(c3ccccc3C)C2=O)cc1OC. The molecule has 0 radical (unpaired) electrons. The Morgan fingerprint density at radius 2 is 2.11 bits per heavy atom. The third kappa shape index (κ3) is 4.19. The maximum absolute atomic E-state index is 13.0. The number of terminal acetylenes is 1. The van der Waals surface area contributed by atoms with E-state index in [-0.39, 0.29) is 12.5 Å². The van der Waals surface area contributed by atoms with Crippen LogP contribution in [-0.4, -0.2) is 23.9 Å². The van der Waals surface area contributed by atoms with Crippen molar-refractivity contribution in [2.45, 2.75) is 6.92 Å². The molecule has 142 valence electrons. The van der Waals surface area contributed by atoms with Gasteiger partial charge in [-0.1, -0.05) is 48.1 Å². The Labute approximate surface area is 187 Å². The largest absolute Gasteiger partial charge is 0.493 e. The lowest BCUT2D eigenvalue weighted by Gasteiger charge is -2.16. The molecule has 28 heavy (non-hydrogen) atoms. The van der Waals surface area contributed by atoms with Gasteiger partial charge in [-0.3, -0.25) is 9.69 Å². The van der Waals surface area contributed by atoms with Crippen molar-refractivity contribution in [3.63, 3.8) is 0 Å². The molecule has 0 saturated carbocycles. The van der Waals surface area contributed by atoms with Gasteiger partial charge in [-0.25, -0.2) is 0 Å². The van der Waals surface area contributed by atoms with Crippen LogP contribution in [0.15, 0.2) is 41.3 Å². The third-order valence-corrected chi connectivity index (χ3v) is 6.10. The molecule has 4 nitrogen and oxygen atoms in total. The summed E-state index contributed by atoms with van der Waals surface area (Å²) in [5, 5.41) is 0. The van der Waals surface area contributed by atoms with Crippen LogP contribution in [0.25, 0.3) is 6.08 Å². The Morgan fingerprint density at radius 1 is 1.36 bits per heavy atom. The van der Waals surface area contributed by atoms with Crippen molar-refractivity contribution >= 4 is 68.6 Å². The Bertz CT molecular complexity index is 1030. The van der Waals surface area contributed by atoms with Gasteiger partial charge in [0.05, 0.1) is 21.3 Å². The molecule has 1 aliphatic heterocycles. The van der Waals surface area contributed by atoms with Gasteiger partial charge in [0, 0.05) is 0 Å². The number of halogens is 1. The minimum absolute atomic E-state index is 0.133. The molecule has 0 bridgehead atoms. The minimum atomic E-state index is -0.133. The quantitative estimate of drug-likeness (QED) is 0.239. The monoisotopic (exact) mass is 521 g/mol. The van der Waals surface area contributed by atoms with Crippen molar-refractivity contribution in [3.05, 3.63) is 56.0 Å². The van der Waals surface area contributed by atoms with Gasteiger partial charge in [0.25, 0.3) is 5.91 Å². The van der Waals surface area contributed by atoms with Gasteiger partial charge in [-0.15, -0.1) is 6.42 Å². The van der Waals surface area contributed by atoms with Crippen molar-refractivity contribution in [2.24, 2.45) is 0 Å². The molecule has 1 fully saturated rings. The molecule has 1 aliphatic rings. The Balaban J connectivity index is 1.95. The maximum Gasteiger partial charge on any atom is 0.270 e. The zero-order valence-electron chi connectivity index (χ0n) is 15.2. The number of methoxy groups -OCH3 is 1. The molecular formula is C21H16INO3S2. The van der Waals surface area contributed by atoms with E-state index in [2.05, 4.69) is 28.5 Å². The van der Waals surface area contributed by atoms with Crippen molar-refractivity contribution in [3.8, 4) is 23.8 Å². The Hall–Kier alpha value is -2.02. The Morgan fingerprint density at radius 3 is 2.79 bits per heavy atom. The summed E-state index contributed by atoms with van der Waals surface area (Å²) in [5.41, 5.74) is 2.62. The van der Waals surface area contributed by atoms with E-state index in [0.717, 1.165) is 20.4 Å².